The second-order valence-electron chi connectivity index (χ2n) is 7.12. The standard InChI is InChI=1S/C21H24Cl2N2O/c1-14-5-6-15(2)20(10-14)24-21(26)17-4-3-9-25(13-17)12-16-7-8-18(22)11-19(16)23/h5-8,10-11,17H,3-4,9,12-13H2,1-2H3,(H,24,26)/t17-/m1/s1. The third kappa shape index (κ3) is 4.79. The van der Waals surface area contributed by atoms with E-state index in [9.17, 15) is 4.79 Å². The first-order valence-corrected chi connectivity index (χ1v) is 9.72. The number of rotatable bonds is 4. The van der Waals surface area contributed by atoms with Gasteiger partial charge in [0, 0.05) is 28.8 Å². The molecule has 1 saturated heterocycles. The van der Waals surface area contributed by atoms with Gasteiger partial charge in [0.05, 0.1) is 5.92 Å². The van der Waals surface area contributed by atoms with Crippen molar-refractivity contribution in [1.82, 2.24) is 4.90 Å². The Balaban J connectivity index is 1.64. The lowest BCUT2D eigenvalue weighted by Gasteiger charge is -2.32. The van der Waals surface area contributed by atoms with Gasteiger partial charge < -0.3 is 5.32 Å². The van der Waals surface area contributed by atoms with Crippen LogP contribution in [0.3, 0.4) is 0 Å². The minimum atomic E-state index is -0.00487. The van der Waals surface area contributed by atoms with Gasteiger partial charge in [-0.3, -0.25) is 9.69 Å². The first kappa shape index (κ1) is 19.2. The Morgan fingerprint density at radius 3 is 2.77 bits per heavy atom. The molecule has 0 unspecified atom stereocenters. The van der Waals surface area contributed by atoms with Crippen molar-refractivity contribution in [1.29, 1.82) is 0 Å². The predicted molar refractivity (Wildman–Crippen MR) is 109 cm³/mol. The summed E-state index contributed by atoms with van der Waals surface area (Å²) in [6.45, 7) is 6.52. The van der Waals surface area contributed by atoms with Crippen LogP contribution in [0.1, 0.15) is 29.5 Å². The quantitative estimate of drug-likeness (QED) is 0.751. The summed E-state index contributed by atoms with van der Waals surface area (Å²) in [6.07, 6.45) is 1.93. The van der Waals surface area contributed by atoms with Crippen molar-refractivity contribution in [3.8, 4) is 0 Å². The highest BCUT2D eigenvalue weighted by Crippen LogP contribution is 2.26. The van der Waals surface area contributed by atoms with Gasteiger partial charge in [-0.25, -0.2) is 0 Å². The van der Waals surface area contributed by atoms with Crippen molar-refractivity contribution in [3.63, 3.8) is 0 Å². The zero-order valence-corrected chi connectivity index (χ0v) is 16.7. The molecule has 1 aliphatic rings. The summed E-state index contributed by atoms with van der Waals surface area (Å²) in [7, 11) is 0. The van der Waals surface area contributed by atoms with Gasteiger partial charge in [0.1, 0.15) is 0 Å². The minimum absolute atomic E-state index is 0.00487. The van der Waals surface area contributed by atoms with E-state index >= 15 is 0 Å². The summed E-state index contributed by atoms with van der Waals surface area (Å²) in [6, 6.07) is 11.7. The number of anilines is 1. The molecule has 3 nitrogen and oxygen atoms in total. The summed E-state index contributed by atoms with van der Waals surface area (Å²) in [5.74, 6) is 0.0975. The molecule has 1 amide bonds. The largest absolute Gasteiger partial charge is 0.326 e. The summed E-state index contributed by atoms with van der Waals surface area (Å²) in [4.78, 5) is 15.1. The van der Waals surface area contributed by atoms with Gasteiger partial charge in [-0.2, -0.15) is 0 Å². The molecule has 1 N–H and O–H groups in total. The number of carbonyl (C=O) groups is 1. The van der Waals surface area contributed by atoms with Crippen LogP contribution in [0.4, 0.5) is 5.69 Å². The van der Waals surface area contributed by atoms with E-state index in [1.807, 2.05) is 38.1 Å². The lowest BCUT2D eigenvalue weighted by molar-refractivity contribution is -0.121. The van der Waals surface area contributed by atoms with Crippen molar-refractivity contribution < 1.29 is 4.79 Å². The van der Waals surface area contributed by atoms with E-state index in [0.717, 1.165) is 54.9 Å². The molecule has 26 heavy (non-hydrogen) atoms. The van der Waals surface area contributed by atoms with Crippen LogP contribution in [0.25, 0.3) is 0 Å². The first-order chi connectivity index (χ1) is 12.4. The summed E-state index contributed by atoms with van der Waals surface area (Å²) in [5, 5.41) is 4.44. The number of hydrogen-bond donors (Lipinski definition) is 1. The van der Waals surface area contributed by atoms with Crippen molar-refractivity contribution >= 4 is 34.8 Å². The summed E-state index contributed by atoms with van der Waals surface area (Å²) >= 11 is 12.3. The Labute approximate surface area is 165 Å². The van der Waals surface area contributed by atoms with E-state index in [2.05, 4.69) is 16.3 Å². The van der Waals surface area contributed by atoms with Gasteiger partial charge in [0.15, 0.2) is 0 Å². The van der Waals surface area contributed by atoms with Gasteiger partial charge in [-0.15, -0.1) is 0 Å². The zero-order valence-electron chi connectivity index (χ0n) is 15.2. The van der Waals surface area contributed by atoms with Crippen LogP contribution in [-0.2, 0) is 11.3 Å². The normalized spacial score (nSPS) is 17.9. The molecule has 2 aromatic rings. The Morgan fingerprint density at radius 2 is 2.00 bits per heavy atom. The maximum absolute atomic E-state index is 12.8. The van der Waals surface area contributed by atoms with Crippen LogP contribution >= 0.6 is 23.2 Å². The molecule has 1 heterocycles. The van der Waals surface area contributed by atoms with E-state index in [1.165, 1.54) is 0 Å². The van der Waals surface area contributed by atoms with E-state index in [1.54, 1.807) is 6.07 Å². The molecule has 2 aromatic carbocycles. The number of amides is 1. The maximum atomic E-state index is 12.8. The van der Waals surface area contributed by atoms with Crippen LogP contribution in [0.5, 0.6) is 0 Å². The number of piperidine rings is 1. The molecule has 1 aliphatic heterocycles. The fraction of sp³-hybridized carbons (Fsp3) is 0.381. The topological polar surface area (TPSA) is 32.3 Å². The van der Waals surface area contributed by atoms with Crippen LogP contribution in [0.15, 0.2) is 36.4 Å². The van der Waals surface area contributed by atoms with Gasteiger partial charge in [-0.1, -0.05) is 41.4 Å². The highest BCUT2D eigenvalue weighted by atomic mass is 35.5. The van der Waals surface area contributed by atoms with Crippen LogP contribution in [0, 0.1) is 19.8 Å². The number of aryl methyl sites for hydroxylation is 2. The second kappa shape index (κ2) is 8.43. The monoisotopic (exact) mass is 390 g/mol. The smallest absolute Gasteiger partial charge is 0.228 e. The van der Waals surface area contributed by atoms with Crippen LogP contribution in [-0.4, -0.2) is 23.9 Å². The molecule has 1 fully saturated rings. The van der Waals surface area contributed by atoms with Crippen molar-refractivity contribution in [2.45, 2.75) is 33.2 Å². The van der Waals surface area contributed by atoms with Crippen molar-refractivity contribution in [3.05, 3.63) is 63.1 Å². The zero-order chi connectivity index (χ0) is 18.7. The number of nitrogens with zero attached hydrogens (tertiary/aromatic N) is 1. The van der Waals surface area contributed by atoms with Crippen LogP contribution < -0.4 is 5.32 Å². The van der Waals surface area contributed by atoms with E-state index in [-0.39, 0.29) is 11.8 Å². The average molecular weight is 391 g/mol. The Kier molecular flexibility index (Phi) is 6.23. The molecule has 0 radical (unpaired) electrons. The number of benzene rings is 2. The highest BCUT2D eigenvalue weighted by molar-refractivity contribution is 6.35. The molecule has 3 rings (SSSR count). The third-order valence-electron chi connectivity index (χ3n) is 4.94. The fourth-order valence-corrected chi connectivity index (χ4v) is 3.88. The number of hydrogen-bond acceptors (Lipinski definition) is 2. The van der Waals surface area contributed by atoms with E-state index in [4.69, 9.17) is 23.2 Å². The summed E-state index contributed by atoms with van der Waals surface area (Å²) in [5.41, 5.74) is 4.19. The van der Waals surface area contributed by atoms with Gasteiger partial charge in [0.2, 0.25) is 5.91 Å². The lowest BCUT2D eigenvalue weighted by atomic mass is 9.96. The molecular formula is C21H24Cl2N2O. The number of likely N-dealkylation sites (tertiary alicyclic amines) is 1. The van der Waals surface area contributed by atoms with Gasteiger partial charge in [-0.05, 0) is 68.1 Å². The Hall–Kier alpha value is -1.55. The second-order valence-corrected chi connectivity index (χ2v) is 7.96. The SMILES string of the molecule is Cc1ccc(C)c(NC(=O)[C@@H]2CCCN(Cc3ccc(Cl)cc3Cl)C2)c1. The molecule has 0 bridgehead atoms. The maximum Gasteiger partial charge on any atom is 0.228 e. The molecule has 0 spiro atoms. The van der Waals surface area contributed by atoms with Gasteiger partial charge in [0.25, 0.3) is 0 Å². The summed E-state index contributed by atoms with van der Waals surface area (Å²) < 4.78 is 0. The first-order valence-electron chi connectivity index (χ1n) is 8.97. The van der Waals surface area contributed by atoms with E-state index in [0.29, 0.717) is 10.0 Å². The fourth-order valence-electron chi connectivity index (χ4n) is 3.41. The van der Waals surface area contributed by atoms with Crippen molar-refractivity contribution in [2.24, 2.45) is 5.92 Å². The minimum Gasteiger partial charge on any atom is -0.326 e. The average Bonchev–Trinajstić information content (AvgIpc) is 2.61. The molecule has 5 heteroatoms. The van der Waals surface area contributed by atoms with Gasteiger partial charge >= 0.3 is 0 Å². The lowest BCUT2D eigenvalue weighted by Crippen LogP contribution is -2.40. The van der Waals surface area contributed by atoms with Crippen molar-refractivity contribution in [2.75, 3.05) is 18.4 Å². The highest BCUT2D eigenvalue weighted by Gasteiger charge is 2.26. The molecule has 0 aromatic heterocycles. The molecule has 0 aliphatic carbocycles. The molecule has 138 valence electrons. The predicted octanol–water partition coefficient (Wildman–Crippen LogP) is 5.46. The number of nitrogens with one attached hydrogen (secondary N) is 1. The van der Waals surface area contributed by atoms with E-state index < -0.39 is 0 Å². The third-order valence-corrected chi connectivity index (χ3v) is 5.52. The number of carbonyl (C=O) groups excluding carboxylic acids is 1. The Morgan fingerprint density at radius 1 is 1.19 bits per heavy atom. The Bertz CT molecular complexity index is 807. The molecule has 0 saturated carbocycles. The molecule has 1 atom stereocenters. The number of halogens is 2. The van der Waals surface area contributed by atoms with Crippen LogP contribution in [0.2, 0.25) is 10.0 Å². The molecular weight excluding hydrogens is 367 g/mol.